The minimum absolute atomic E-state index is 0.118. The second-order valence-corrected chi connectivity index (χ2v) is 4.98. The van der Waals surface area contributed by atoms with E-state index in [2.05, 4.69) is 18.7 Å². The van der Waals surface area contributed by atoms with Crippen LogP contribution >= 0.6 is 0 Å². The van der Waals surface area contributed by atoms with Gasteiger partial charge in [-0.05, 0) is 13.8 Å². The summed E-state index contributed by atoms with van der Waals surface area (Å²) >= 11 is 0. The van der Waals surface area contributed by atoms with Crippen molar-refractivity contribution in [2.24, 2.45) is 0 Å². The highest BCUT2D eigenvalue weighted by Gasteiger charge is 2.23. The van der Waals surface area contributed by atoms with E-state index in [0.717, 1.165) is 6.54 Å². The number of ketones is 1. The van der Waals surface area contributed by atoms with Gasteiger partial charge in [-0.2, -0.15) is 0 Å². The monoisotopic (exact) mass is 256 g/mol. The van der Waals surface area contributed by atoms with Gasteiger partial charge in [-0.1, -0.05) is 0 Å². The molecule has 1 fully saturated rings. The molecule has 1 aliphatic rings. The lowest BCUT2D eigenvalue weighted by molar-refractivity contribution is -0.136. The molecule has 0 atom stereocenters. The lowest BCUT2D eigenvalue weighted by Crippen LogP contribution is -2.46. The number of nitrogens with zero attached hydrogens (tertiary/aromatic N) is 2. The van der Waals surface area contributed by atoms with Gasteiger partial charge in [0.15, 0.2) is 0 Å². The molecule has 0 unspecified atom stereocenters. The summed E-state index contributed by atoms with van der Waals surface area (Å²) in [5.41, 5.74) is 0. The number of likely N-dealkylation sites (tertiary alicyclic amines) is 1. The van der Waals surface area contributed by atoms with E-state index in [0.29, 0.717) is 45.1 Å². The fraction of sp³-hybridized carbons (Fsp3) is 0.846. The van der Waals surface area contributed by atoms with Crippen molar-refractivity contribution >= 4 is 11.7 Å². The molecular formula is C13H24N2O3. The van der Waals surface area contributed by atoms with Gasteiger partial charge in [0.05, 0.1) is 13.2 Å². The van der Waals surface area contributed by atoms with E-state index in [1.54, 1.807) is 12.0 Å². The second kappa shape index (κ2) is 7.48. The third kappa shape index (κ3) is 4.74. The first kappa shape index (κ1) is 15.1. The van der Waals surface area contributed by atoms with Gasteiger partial charge in [-0.25, -0.2) is 0 Å². The van der Waals surface area contributed by atoms with Gasteiger partial charge in [0.1, 0.15) is 5.78 Å². The zero-order valence-corrected chi connectivity index (χ0v) is 11.6. The largest absolute Gasteiger partial charge is 0.383 e. The highest BCUT2D eigenvalue weighted by molar-refractivity contribution is 5.84. The molecule has 5 heteroatoms. The van der Waals surface area contributed by atoms with Gasteiger partial charge < -0.3 is 9.64 Å². The summed E-state index contributed by atoms with van der Waals surface area (Å²) in [6.45, 7) is 7.10. The summed E-state index contributed by atoms with van der Waals surface area (Å²) in [6.07, 6.45) is 1.01. The van der Waals surface area contributed by atoms with Crippen molar-refractivity contribution in [1.29, 1.82) is 0 Å². The van der Waals surface area contributed by atoms with Crippen LogP contribution in [0.4, 0.5) is 0 Å². The van der Waals surface area contributed by atoms with Gasteiger partial charge >= 0.3 is 0 Å². The van der Waals surface area contributed by atoms with E-state index in [9.17, 15) is 9.59 Å². The zero-order chi connectivity index (χ0) is 13.5. The standard InChI is InChI=1S/C13H24N2O3/c1-11(2)15(8-9-18-3)10-13(17)14-6-4-12(16)5-7-14/h11H,4-10H2,1-3H3. The molecule has 0 aromatic carbocycles. The van der Waals surface area contributed by atoms with Crippen LogP contribution in [0, 0.1) is 0 Å². The van der Waals surface area contributed by atoms with E-state index in [1.807, 2.05) is 0 Å². The zero-order valence-electron chi connectivity index (χ0n) is 11.6. The number of amides is 1. The number of hydrogen-bond acceptors (Lipinski definition) is 4. The normalized spacial score (nSPS) is 16.7. The highest BCUT2D eigenvalue weighted by atomic mass is 16.5. The van der Waals surface area contributed by atoms with Gasteiger partial charge in [0.25, 0.3) is 0 Å². The average molecular weight is 256 g/mol. The summed E-state index contributed by atoms with van der Waals surface area (Å²) in [5.74, 6) is 0.381. The highest BCUT2D eigenvalue weighted by Crippen LogP contribution is 2.07. The first-order valence-corrected chi connectivity index (χ1v) is 6.57. The summed E-state index contributed by atoms with van der Waals surface area (Å²) in [6, 6.07) is 0.315. The quantitative estimate of drug-likeness (QED) is 0.696. The molecule has 0 saturated carbocycles. The van der Waals surface area contributed by atoms with Crippen LogP contribution in [0.15, 0.2) is 0 Å². The number of Topliss-reactive ketones (excluding diaryl/α,β-unsaturated/α-hetero) is 1. The molecule has 0 radical (unpaired) electrons. The maximum Gasteiger partial charge on any atom is 0.236 e. The van der Waals surface area contributed by atoms with E-state index in [4.69, 9.17) is 4.74 Å². The molecule has 5 nitrogen and oxygen atoms in total. The van der Waals surface area contributed by atoms with Gasteiger partial charge in [0.2, 0.25) is 5.91 Å². The molecule has 0 bridgehead atoms. The van der Waals surface area contributed by atoms with Crippen LogP contribution in [-0.2, 0) is 14.3 Å². The maximum atomic E-state index is 12.1. The predicted octanol–water partition coefficient (Wildman–Crippen LogP) is 0.535. The molecule has 0 N–H and O–H groups in total. The molecule has 0 aromatic heterocycles. The smallest absolute Gasteiger partial charge is 0.236 e. The second-order valence-electron chi connectivity index (χ2n) is 4.98. The van der Waals surface area contributed by atoms with Crippen molar-refractivity contribution in [2.75, 3.05) is 39.9 Å². The molecule has 1 heterocycles. The molecule has 104 valence electrons. The maximum absolute atomic E-state index is 12.1. The van der Waals surface area contributed by atoms with E-state index in [-0.39, 0.29) is 11.7 Å². The summed E-state index contributed by atoms with van der Waals surface area (Å²) in [7, 11) is 1.66. The summed E-state index contributed by atoms with van der Waals surface area (Å²) in [4.78, 5) is 27.1. The molecule has 0 spiro atoms. The van der Waals surface area contributed by atoms with Crippen LogP contribution < -0.4 is 0 Å². The Morgan fingerprint density at radius 2 is 2.00 bits per heavy atom. The number of methoxy groups -OCH3 is 1. The number of rotatable bonds is 6. The van der Waals surface area contributed by atoms with Gasteiger partial charge in [-0.3, -0.25) is 14.5 Å². The minimum atomic E-state index is 0.118. The van der Waals surface area contributed by atoms with Crippen molar-refractivity contribution in [3.8, 4) is 0 Å². The van der Waals surface area contributed by atoms with Crippen molar-refractivity contribution in [1.82, 2.24) is 9.80 Å². The number of hydrogen-bond donors (Lipinski definition) is 0. The number of carbonyl (C=O) groups is 2. The van der Waals surface area contributed by atoms with E-state index >= 15 is 0 Å². The molecule has 1 saturated heterocycles. The van der Waals surface area contributed by atoms with Crippen molar-refractivity contribution in [2.45, 2.75) is 32.7 Å². The van der Waals surface area contributed by atoms with Crippen LogP contribution in [0.2, 0.25) is 0 Å². The Balaban J connectivity index is 2.42. The van der Waals surface area contributed by atoms with Crippen LogP contribution in [0.5, 0.6) is 0 Å². The van der Waals surface area contributed by atoms with E-state index in [1.165, 1.54) is 0 Å². The first-order chi connectivity index (χ1) is 8.54. The van der Waals surface area contributed by atoms with E-state index < -0.39 is 0 Å². The molecule has 0 aromatic rings. The number of carbonyl (C=O) groups excluding carboxylic acids is 2. The number of ether oxygens (including phenoxy) is 1. The average Bonchev–Trinajstić information content (AvgIpc) is 2.34. The predicted molar refractivity (Wildman–Crippen MR) is 69.4 cm³/mol. The van der Waals surface area contributed by atoms with Crippen LogP contribution in [0.25, 0.3) is 0 Å². The molecule has 0 aliphatic carbocycles. The Morgan fingerprint density at radius 3 is 2.50 bits per heavy atom. The molecule has 1 rings (SSSR count). The molecule has 1 aliphatic heterocycles. The summed E-state index contributed by atoms with van der Waals surface area (Å²) in [5, 5.41) is 0. The lowest BCUT2D eigenvalue weighted by Gasteiger charge is -2.31. The Morgan fingerprint density at radius 1 is 1.39 bits per heavy atom. The van der Waals surface area contributed by atoms with Crippen LogP contribution in [0.1, 0.15) is 26.7 Å². The fourth-order valence-electron chi connectivity index (χ4n) is 2.01. The molecule has 18 heavy (non-hydrogen) atoms. The van der Waals surface area contributed by atoms with Gasteiger partial charge in [-0.15, -0.1) is 0 Å². The first-order valence-electron chi connectivity index (χ1n) is 6.57. The molecule has 1 amide bonds. The SMILES string of the molecule is COCCN(CC(=O)N1CCC(=O)CC1)C(C)C. The topological polar surface area (TPSA) is 49.9 Å². The van der Waals surface area contributed by atoms with Crippen LogP contribution in [0.3, 0.4) is 0 Å². The summed E-state index contributed by atoms with van der Waals surface area (Å²) < 4.78 is 5.05. The fourth-order valence-corrected chi connectivity index (χ4v) is 2.01. The number of piperidine rings is 1. The molecular weight excluding hydrogens is 232 g/mol. The Kier molecular flexibility index (Phi) is 6.29. The third-order valence-electron chi connectivity index (χ3n) is 3.33. The van der Waals surface area contributed by atoms with Gasteiger partial charge in [0, 0.05) is 45.6 Å². The Hall–Kier alpha value is -0.940. The minimum Gasteiger partial charge on any atom is -0.383 e. The lowest BCUT2D eigenvalue weighted by atomic mass is 10.1. The third-order valence-corrected chi connectivity index (χ3v) is 3.33. The van der Waals surface area contributed by atoms with Crippen molar-refractivity contribution in [3.63, 3.8) is 0 Å². The Labute approximate surface area is 109 Å². The Bertz CT molecular complexity index is 282. The van der Waals surface area contributed by atoms with Crippen LogP contribution in [-0.4, -0.2) is 67.4 Å². The van der Waals surface area contributed by atoms with Crippen molar-refractivity contribution < 1.29 is 14.3 Å². The van der Waals surface area contributed by atoms with Crippen molar-refractivity contribution in [3.05, 3.63) is 0 Å².